The molecule has 1 aromatic carbocycles. The minimum atomic E-state index is -0.568. The van der Waals surface area contributed by atoms with Crippen LogP contribution in [0, 0.1) is 5.82 Å². The van der Waals surface area contributed by atoms with Crippen molar-refractivity contribution in [3.05, 3.63) is 29.6 Å². The van der Waals surface area contributed by atoms with Crippen LogP contribution in [0.1, 0.15) is 24.2 Å². The molecule has 0 bridgehead atoms. The van der Waals surface area contributed by atoms with Crippen LogP contribution in [0.2, 0.25) is 0 Å². The zero-order valence-electron chi connectivity index (χ0n) is 8.17. The molecule has 14 heavy (non-hydrogen) atoms. The van der Waals surface area contributed by atoms with E-state index >= 15 is 0 Å². The molecule has 0 saturated heterocycles. The normalized spacial score (nSPS) is 10.3. The number of carbonyl (C=O) groups is 1. The van der Waals surface area contributed by atoms with E-state index in [0.29, 0.717) is 0 Å². The summed E-state index contributed by atoms with van der Waals surface area (Å²) in [7, 11) is 0. The fourth-order valence-corrected chi connectivity index (χ4v) is 1.01. The van der Waals surface area contributed by atoms with Gasteiger partial charge in [-0.2, -0.15) is 0 Å². The van der Waals surface area contributed by atoms with Crippen LogP contribution in [0.3, 0.4) is 0 Å². The van der Waals surface area contributed by atoms with Crippen molar-refractivity contribution >= 4 is 11.6 Å². The lowest BCUT2D eigenvalue weighted by Gasteiger charge is -2.08. The van der Waals surface area contributed by atoms with Crippen LogP contribution in [-0.4, -0.2) is 11.9 Å². The average Bonchev–Trinajstić information content (AvgIpc) is 2.08. The van der Waals surface area contributed by atoms with E-state index in [2.05, 4.69) is 5.32 Å². The van der Waals surface area contributed by atoms with Crippen molar-refractivity contribution in [3.63, 3.8) is 0 Å². The van der Waals surface area contributed by atoms with E-state index in [-0.39, 0.29) is 23.2 Å². The molecule has 0 aliphatic carbocycles. The molecule has 0 unspecified atom stereocenters. The molecular weight excluding hydrogens is 183 g/mol. The van der Waals surface area contributed by atoms with E-state index in [0.717, 1.165) is 6.07 Å². The average molecular weight is 196 g/mol. The first-order valence-electron chi connectivity index (χ1n) is 4.36. The van der Waals surface area contributed by atoms with Gasteiger partial charge < -0.3 is 11.1 Å². The minimum Gasteiger partial charge on any atom is -0.396 e. The monoisotopic (exact) mass is 196 g/mol. The van der Waals surface area contributed by atoms with Crippen LogP contribution in [-0.2, 0) is 0 Å². The summed E-state index contributed by atoms with van der Waals surface area (Å²) in [5.41, 5.74) is 5.61. The van der Waals surface area contributed by atoms with Gasteiger partial charge in [-0.1, -0.05) is 0 Å². The number of carbonyl (C=O) groups excluding carboxylic acids is 1. The molecular formula is C10H13FN2O. The van der Waals surface area contributed by atoms with Crippen molar-refractivity contribution in [3.8, 4) is 0 Å². The first-order chi connectivity index (χ1) is 6.50. The number of nitrogens with one attached hydrogen (secondary N) is 1. The van der Waals surface area contributed by atoms with E-state index in [1.807, 2.05) is 13.8 Å². The third kappa shape index (κ3) is 2.45. The maximum Gasteiger partial charge on any atom is 0.251 e. The number of halogens is 1. The van der Waals surface area contributed by atoms with Crippen molar-refractivity contribution in [2.45, 2.75) is 19.9 Å². The maximum absolute atomic E-state index is 13.0. The molecule has 3 N–H and O–H groups in total. The van der Waals surface area contributed by atoms with Gasteiger partial charge in [0.15, 0.2) is 0 Å². The quantitative estimate of drug-likeness (QED) is 0.705. The predicted octanol–water partition coefficient (Wildman–Crippen LogP) is 1.55. The lowest BCUT2D eigenvalue weighted by Crippen LogP contribution is -2.30. The SMILES string of the molecule is CC(C)NC(=O)c1ccc(N)c(F)c1. The van der Waals surface area contributed by atoms with Crippen molar-refractivity contribution < 1.29 is 9.18 Å². The minimum absolute atomic E-state index is 0.0307. The van der Waals surface area contributed by atoms with Gasteiger partial charge in [-0.15, -0.1) is 0 Å². The number of anilines is 1. The van der Waals surface area contributed by atoms with Gasteiger partial charge in [-0.05, 0) is 32.0 Å². The Labute approximate surface area is 82.1 Å². The molecule has 0 fully saturated rings. The van der Waals surface area contributed by atoms with E-state index < -0.39 is 5.82 Å². The molecule has 0 aliphatic heterocycles. The Morgan fingerprint density at radius 2 is 2.14 bits per heavy atom. The Morgan fingerprint density at radius 3 is 2.64 bits per heavy atom. The molecule has 76 valence electrons. The van der Waals surface area contributed by atoms with Crippen LogP contribution in [0.15, 0.2) is 18.2 Å². The summed E-state index contributed by atoms with van der Waals surface area (Å²) >= 11 is 0. The van der Waals surface area contributed by atoms with Crippen LogP contribution in [0.25, 0.3) is 0 Å². The maximum atomic E-state index is 13.0. The zero-order valence-corrected chi connectivity index (χ0v) is 8.17. The van der Waals surface area contributed by atoms with Crippen molar-refractivity contribution in [1.29, 1.82) is 0 Å². The highest BCUT2D eigenvalue weighted by molar-refractivity contribution is 5.94. The summed E-state index contributed by atoms with van der Waals surface area (Å²) in [5.74, 6) is -0.861. The third-order valence-electron chi connectivity index (χ3n) is 1.68. The summed E-state index contributed by atoms with van der Waals surface area (Å²) in [5, 5.41) is 2.66. The number of nitrogens with two attached hydrogens (primary N) is 1. The lowest BCUT2D eigenvalue weighted by atomic mass is 10.2. The van der Waals surface area contributed by atoms with Gasteiger partial charge in [0.05, 0.1) is 5.69 Å². The topological polar surface area (TPSA) is 55.1 Å². The second-order valence-corrected chi connectivity index (χ2v) is 3.36. The molecule has 1 amide bonds. The van der Waals surface area contributed by atoms with Crippen LogP contribution in [0.4, 0.5) is 10.1 Å². The number of amides is 1. The van der Waals surface area contributed by atoms with E-state index in [1.165, 1.54) is 12.1 Å². The molecule has 4 heteroatoms. The van der Waals surface area contributed by atoms with Crippen molar-refractivity contribution in [1.82, 2.24) is 5.32 Å². The molecule has 0 aromatic heterocycles. The molecule has 1 rings (SSSR count). The van der Waals surface area contributed by atoms with E-state index in [9.17, 15) is 9.18 Å². The lowest BCUT2D eigenvalue weighted by molar-refractivity contribution is 0.0942. The molecule has 0 saturated carbocycles. The molecule has 0 aliphatic rings. The van der Waals surface area contributed by atoms with Crippen LogP contribution < -0.4 is 11.1 Å². The molecule has 0 spiro atoms. The standard InChI is InChI=1S/C10H13FN2O/c1-6(2)13-10(14)7-3-4-9(12)8(11)5-7/h3-6H,12H2,1-2H3,(H,13,14). The van der Waals surface area contributed by atoms with Gasteiger partial charge in [-0.3, -0.25) is 4.79 Å². The fraction of sp³-hybridized carbons (Fsp3) is 0.300. The number of nitrogen functional groups attached to an aromatic ring is 1. The largest absolute Gasteiger partial charge is 0.396 e. The first kappa shape index (κ1) is 10.5. The predicted molar refractivity (Wildman–Crippen MR) is 53.4 cm³/mol. The zero-order chi connectivity index (χ0) is 10.7. The Kier molecular flexibility index (Phi) is 3.06. The summed E-state index contributed by atoms with van der Waals surface area (Å²) in [6, 6.07) is 4.04. The highest BCUT2D eigenvalue weighted by atomic mass is 19.1. The van der Waals surface area contributed by atoms with Gasteiger partial charge >= 0.3 is 0 Å². The fourth-order valence-electron chi connectivity index (χ4n) is 1.01. The van der Waals surface area contributed by atoms with E-state index in [4.69, 9.17) is 5.73 Å². The molecule has 0 atom stereocenters. The van der Waals surface area contributed by atoms with Crippen molar-refractivity contribution in [2.75, 3.05) is 5.73 Å². The van der Waals surface area contributed by atoms with Gasteiger partial charge in [0.2, 0.25) is 0 Å². The summed E-state index contributed by atoms with van der Waals surface area (Å²) < 4.78 is 13.0. The van der Waals surface area contributed by atoms with Crippen molar-refractivity contribution in [2.24, 2.45) is 0 Å². The Balaban J connectivity index is 2.86. The third-order valence-corrected chi connectivity index (χ3v) is 1.68. The number of rotatable bonds is 2. The smallest absolute Gasteiger partial charge is 0.251 e. The molecule has 3 nitrogen and oxygen atoms in total. The molecule has 0 radical (unpaired) electrons. The Hall–Kier alpha value is -1.58. The number of hydrogen-bond donors (Lipinski definition) is 2. The number of hydrogen-bond acceptors (Lipinski definition) is 2. The second-order valence-electron chi connectivity index (χ2n) is 3.36. The summed E-state index contributed by atoms with van der Waals surface area (Å²) in [4.78, 5) is 11.4. The summed E-state index contributed by atoms with van der Waals surface area (Å²) in [6.07, 6.45) is 0. The molecule has 1 aromatic rings. The van der Waals surface area contributed by atoms with E-state index in [1.54, 1.807) is 0 Å². The molecule has 0 heterocycles. The Morgan fingerprint density at radius 1 is 1.50 bits per heavy atom. The summed E-state index contributed by atoms with van der Waals surface area (Å²) in [6.45, 7) is 3.68. The van der Waals surface area contributed by atoms with Gasteiger partial charge in [0, 0.05) is 11.6 Å². The first-order valence-corrected chi connectivity index (χ1v) is 4.36. The second kappa shape index (κ2) is 4.09. The Bertz CT molecular complexity index is 350. The van der Waals surface area contributed by atoms with Gasteiger partial charge in [0.25, 0.3) is 5.91 Å². The van der Waals surface area contributed by atoms with Gasteiger partial charge in [0.1, 0.15) is 5.82 Å². The highest BCUT2D eigenvalue weighted by Crippen LogP contribution is 2.11. The highest BCUT2D eigenvalue weighted by Gasteiger charge is 2.08. The van der Waals surface area contributed by atoms with Crippen LogP contribution >= 0.6 is 0 Å². The van der Waals surface area contributed by atoms with Gasteiger partial charge in [-0.25, -0.2) is 4.39 Å². The van der Waals surface area contributed by atoms with Crippen LogP contribution in [0.5, 0.6) is 0 Å². The number of benzene rings is 1.